The van der Waals surface area contributed by atoms with Gasteiger partial charge in [-0.05, 0) is 30.9 Å². The van der Waals surface area contributed by atoms with Gasteiger partial charge in [0.1, 0.15) is 5.82 Å². The fraction of sp³-hybridized carbons (Fsp3) is 0.526. The van der Waals surface area contributed by atoms with Crippen LogP contribution in [0, 0.1) is 11.7 Å². The van der Waals surface area contributed by atoms with E-state index < -0.39 is 5.82 Å². The number of anilines is 1. The minimum absolute atomic E-state index is 0.132. The Labute approximate surface area is 162 Å². The van der Waals surface area contributed by atoms with Gasteiger partial charge in [-0.25, -0.2) is 13.9 Å². The maximum atomic E-state index is 13.8. The molecule has 1 N–H and O–H groups in total. The zero-order chi connectivity index (χ0) is 20.1. The Kier molecular flexibility index (Phi) is 6.45. The highest BCUT2D eigenvalue weighted by molar-refractivity contribution is 5.90. The van der Waals surface area contributed by atoms with Crippen molar-refractivity contribution in [3.63, 3.8) is 0 Å². The summed E-state index contributed by atoms with van der Waals surface area (Å²) in [5, 5.41) is 7.11. The van der Waals surface area contributed by atoms with Crippen molar-refractivity contribution >= 4 is 11.6 Å². The van der Waals surface area contributed by atoms with Gasteiger partial charge < -0.3 is 14.8 Å². The third-order valence-corrected chi connectivity index (χ3v) is 4.95. The number of methoxy groups -OCH3 is 2. The first kappa shape index (κ1) is 20.1. The van der Waals surface area contributed by atoms with Crippen LogP contribution in [-0.4, -0.2) is 41.1 Å². The van der Waals surface area contributed by atoms with E-state index in [1.807, 2.05) is 0 Å². The molecule has 1 aromatic carbocycles. The first-order valence-corrected chi connectivity index (χ1v) is 9.30. The monoisotopic (exact) mass is 392 g/mol. The highest BCUT2D eigenvalue weighted by atomic mass is 19.1. The lowest BCUT2D eigenvalue weighted by atomic mass is 9.96. The van der Waals surface area contributed by atoms with E-state index in [2.05, 4.69) is 10.4 Å². The van der Waals surface area contributed by atoms with Crippen LogP contribution in [0.5, 0.6) is 5.75 Å². The molecular formula is C19H25FN4O4. The van der Waals surface area contributed by atoms with Crippen molar-refractivity contribution in [1.29, 1.82) is 0 Å². The number of nitrogens with one attached hydrogen (secondary N) is 1. The zero-order valence-electron chi connectivity index (χ0n) is 16.1. The maximum Gasteiger partial charge on any atom is 0.345 e. The molecule has 0 spiro atoms. The molecule has 1 aliphatic heterocycles. The molecule has 0 fully saturated rings. The van der Waals surface area contributed by atoms with Crippen LogP contribution in [-0.2, 0) is 29.0 Å². The number of carbonyl (C=O) groups is 1. The summed E-state index contributed by atoms with van der Waals surface area (Å²) in [6, 6.07) is 4.32. The Morgan fingerprint density at radius 2 is 2.18 bits per heavy atom. The SMILES string of the molecule is COCCn1nc2n(c1=O)CCC(CC(=O)Nc1ccc(OC)c(F)c1)CC2. The van der Waals surface area contributed by atoms with Gasteiger partial charge in [-0.2, -0.15) is 5.10 Å². The highest BCUT2D eigenvalue weighted by Crippen LogP contribution is 2.23. The number of hydrogen-bond donors (Lipinski definition) is 1. The quantitative estimate of drug-likeness (QED) is 0.777. The van der Waals surface area contributed by atoms with Crippen molar-refractivity contribution in [3.8, 4) is 5.75 Å². The van der Waals surface area contributed by atoms with E-state index in [1.165, 1.54) is 23.9 Å². The number of aryl methyl sites for hydroxylation is 1. The number of aromatic nitrogens is 3. The fourth-order valence-corrected chi connectivity index (χ4v) is 3.43. The van der Waals surface area contributed by atoms with Gasteiger partial charge in [-0.3, -0.25) is 9.36 Å². The molecule has 1 aromatic heterocycles. The lowest BCUT2D eigenvalue weighted by Gasteiger charge is -2.14. The summed E-state index contributed by atoms with van der Waals surface area (Å²) in [5.41, 5.74) is 0.261. The van der Waals surface area contributed by atoms with Crippen LogP contribution in [0.4, 0.5) is 10.1 Å². The van der Waals surface area contributed by atoms with Gasteiger partial charge in [0, 0.05) is 38.2 Å². The molecule has 0 saturated heterocycles. The Morgan fingerprint density at radius 1 is 1.36 bits per heavy atom. The number of amides is 1. The second kappa shape index (κ2) is 9.01. The molecule has 2 heterocycles. The summed E-state index contributed by atoms with van der Waals surface area (Å²) >= 11 is 0. The summed E-state index contributed by atoms with van der Waals surface area (Å²) < 4.78 is 26.7. The van der Waals surface area contributed by atoms with Crippen LogP contribution in [0.1, 0.15) is 25.1 Å². The van der Waals surface area contributed by atoms with Crippen LogP contribution in [0.25, 0.3) is 0 Å². The third kappa shape index (κ3) is 4.59. The molecule has 3 rings (SSSR count). The lowest BCUT2D eigenvalue weighted by Crippen LogP contribution is -2.27. The number of rotatable bonds is 7. The van der Waals surface area contributed by atoms with Crippen molar-refractivity contribution in [1.82, 2.24) is 14.3 Å². The van der Waals surface area contributed by atoms with Crippen molar-refractivity contribution < 1.29 is 18.7 Å². The lowest BCUT2D eigenvalue weighted by molar-refractivity contribution is -0.117. The molecule has 1 amide bonds. The average molecular weight is 392 g/mol. The Hall–Kier alpha value is -2.68. The second-order valence-electron chi connectivity index (χ2n) is 6.86. The van der Waals surface area contributed by atoms with Crippen molar-refractivity contribution in [2.75, 3.05) is 26.1 Å². The van der Waals surface area contributed by atoms with E-state index in [1.54, 1.807) is 17.7 Å². The number of halogens is 1. The van der Waals surface area contributed by atoms with Crippen LogP contribution in [0.3, 0.4) is 0 Å². The van der Waals surface area contributed by atoms with Crippen molar-refractivity contribution in [2.45, 2.75) is 38.8 Å². The molecule has 0 saturated carbocycles. The predicted octanol–water partition coefficient (Wildman–Crippen LogP) is 1.82. The van der Waals surface area contributed by atoms with Gasteiger partial charge in [-0.15, -0.1) is 0 Å². The first-order valence-electron chi connectivity index (χ1n) is 9.30. The number of fused-ring (bicyclic) bond motifs is 1. The first-order chi connectivity index (χ1) is 13.5. The molecule has 0 radical (unpaired) electrons. The Morgan fingerprint density at radius 3 is 2.89 bits per heavy atom. The van der Waals surface area contributed by atoms with E-state index in [0.717, 1.165) is 12.2 Å². The molecule has 8 nitrogen and oxygen atoms in total. The number of benzene rings is 1. The smallest absolute Gasteiger partial charge is 0.345 e. The van der Waals surface area contributed by atoms with Crippen LogP contribution >= 0.6 is 0 Å². The Bertz CT molecular complexity index is 893. The molecule has 1 unspecified atom stereocenters. The summed E-state index contributed by atoms with van der Waals surface area (Å²) in [7, 11) is 2.97. The van der Waals surface area contributed by atoms with E-state index in [0.29, 0.717) is 44.6 Å². The number of nitrogens with zero attached hydrogens (tertiary/aromatic N) is 3. The molecule has 2 aromatic rings. The number of carbonyl (C=O) groups excluding carboxylic acids is 1. The molecule has 0 bridgehead atoms. The summed E-state index contributed by atoms with van der Waals surface area (Å²) in [5.74, 6) is 0.321. The normalized spacial score (nSPS) is 16.3. The molecule has 1 atom stereocenters. The van der Waals surface area contributed by atoms with Crippen LogP contribution in [0.15, 0.2) is 23.0 Å². The molecule has 0 aliphatic carbocycles. The van der Waals surface area contributed by atoms with E-state index in [4.69, 9.17) is 9.47 Å². The van der Waals surface area contributed by atoms with Gasteiger partial charge >= 0.3 is 5.69 Å². The zero-order valence-corrected chi connectivity index (χ0v) is 16.1. The minimum Gasteiger partial charge on any atom is -0.494 e. The van der Waals surface area contributed by atoms with E-state index in [9.17, 15) is 14.0 Å². The van der Waals surface area contributed by atoms with E-state index in [-0.39, 0.29) is 23.3 Å². The average Bonchev–Trinajstić information content (AvgIpc) is 2.83. The minimum atomic E-state index is -0.523. The predicted molar refractivity (Wildman–Crippen MR) is 101 cm³/mol. The molecule has 9 heteroatoms. The van der Waals surface area contributed by atoms with Gasteiger partial charge in [0.15, 0.2) is 11.6 Å². The Balaban J connectivity index is 1.57. The number of hydrogen-bond acceptors (Lipinski definition) is 5. The van der Waals surface area contributed by atoms with Gasteiger partial charge in [0.05, 0.1) is 20.3 Å². The molecule has 1 aliphatic rings. The second-order valence-corrected chi connectivity index (χ2v) is 6.86. The van der Waals surface area contributed by atoms with Crippen molar-refractivity contribution in [3.05, 3.63) is 40.3 Å². The molecule has 152 valence electrons. The van der Waals surface area contributed by atoms with Gasteiger partial charge in [0.2, 0.25) is 5.91 Å². The standard InChI is InChI=1S/C19H25FN4O4/c1-27-10-9-24-19(26)23-8-7-13(3-6-17(23)22-24)11-18(25)21-14-4-5-16(28-2)15(20)12-14/h4-5,12-13H,3,6-11H2,1-2H3,(H,21,25). The van der Waals surface area contributed by atoms with Crippen molar-refractivity contribution in [2.24, 2.45) is 5.92 Å². The maximum absolute atomic E-state index is 13.8. The topological polar surface area (TPSA) is 87.4 Å². The molecular weight excluding hydrogens is 367 g/mol. The highest BCUT2D eigenvalue weighted by Gasteiger charge is 2.22. The fourth-order valence-electron chi connectivity index (χ4n) is 3.43. The number of ether oxygens (including phenoxy) is 2. The summed E-state index contributed by atoms with van der Waals surface area (Å²) in [4.78, 5) is 24.8. The van der Waals surface area contributed by atoms with Crippen LogP contribution < -0.4 is 15.7 Å². The van der Waals surface area contributed by atoms with Gasteiger partial charge in [-0.1, -0.05) is 0 Å². The third-order valence-electron chi connectivity index (χ3n) is 4.95. The largest absolute Gasteiger partial charge is 0.494 e. The van der Waals surface area contributed by atoms with Crippen LogP contribution in [0.2, 0.25) is 0 Å². The van der Waals surface area contributed by atoms with E-state index >= 15 is 0 Å². The molecule has 28 heavy (non-hydrogen) atoms. The summed E-state index contributed by atoms with van der Waals surface area (Å²) in [6.07, 6.45) is 2.44. The summed E-state index contributed by atoms with van der Waals surface area (Å²) in [6.45, 7) is 1.40. The van der Waals surface area contributed by atoms with Gasteiger partial charge in [0.25, 0.3) is 0 Å².